The molecule has 1 aliphatic heterocycles. The first kappa shape index (κ1) is 22.3. The number of H-pyrrole nitrogens is 1. The van der Waals surface area contributed by atoms with Crippen LogP contribution in [-0.2, 0) is 28.2 Å². The van der Waals surface area contributed by atoms with E-state index in [2.05, 4.69) is 15.3 Å². The van der Waals surface area contributed by atoms with E-state index < -0.39 is 0 Å². The molecule has 0 spiro atoms. The van der Waals surface area contributed by atoms with E-state index in [9.17, 15) is 14.4 Å². The van der Waals surface area contributed by atoms with E-state index in [4.69, 9.17) is 0 Å². The minimum Gasteiger partial charge on any atom is -0.355 e. The van der Waals surface area contributed by atoms with Crippen LogP contribution in [0.3, 0.4) is 0 Å². The number of thiophene rings is 1. The highest BCUT2D eigenvalue weighted by Crippen LogP contribution is 2.33. The molecule has 1 aliphatic carbocycles. The van der Waals surface area contributed by atoms with E-state index in [0.29, 0.717) is 24.5 Å². The number of hydrogen-bond acceptors (Lipinski definition) is 6. The number of likely N-dealkylation sites (tertiary alicyclic amines) is 1. The fraction of sp³-hybridized carbons (Fsp3) is 0.636. The summed E-state index contributed by atoms with van der Waals surface area (Å²) in [5, 5.41) is 3.60. The Morgan fingerprint density at radius 1 is 1.10 bits per heavy atom. The first-order valence-corrected chi connectivity index (χ1v) is 13.2. The van der Waals surface area contributed by atoms with Crippen LogP contribution in [0.25, 0.3) is 10.2 Å². The van der Waals surface area contributed by atoms with Gasteiger partial charge in [0.1, 0.15) is 10.7 Å². The Labute approximate surface area is 190 Å². The molecular weight excluding hydrogens is 432 g/mol. The van der Waals surface area contributed by atoms with Crippen molar-refractivity contribution in [2.45, 2.75) is 63.5 Å². The SMILES string of the molecule is O=C(CSCc1nc2sc3c(c2c(=O)[nH]1)CCCC3)NCCC(=O)N1CCCCCC1. The lowest BCUT2D eigenvalue weighted by molar-refractivity contribution is -0.131. The van der Waals surface area contributed by atoms with Crippen molar-refractivity contribution in [2.24, 2.45) is 0 Å². The normalized spacial score (nSPS) is 16.7. The molecule has 0 atom stereocenters. The van der Waals surface area contributed by atoms with Crippen molar-refractivity contribution in [3.63, 3.8) is 0 Å². The Kier molecular flexibility index (Phi) is 7.66. The van der Waals surface area contributed by atoms with Gasteiger partial charge in [0.15, 0.2) is 0 Å². The van der Waals surface area contributed by atoms with Crippen molar-refractivity contribution in [3.05, 3.63) is 26.6 Å². The molecule has 1 fully saturated rings. The minimum atomic E-state index is -0.0938. The highest BCUT2D eigenvalue weighted by Gasteiger charge is 2.20. The van der Waals surface area contributed by atoms with Crippen LogP contribution in [-0.4, -0.2) is 52.1 Å². The standard InChI is InChI=1S/C22H30N4O3S2/c27-18(23-10-9-19(28)26-11-5-1-2-6-12-26)14-30-13-17-24-21(29)20-15-7-3-4-8-16(15)31-22(20)25-17/h1-14H2,(H,23,27)(H,24,25,29). The summed E-state index contributed by atoms with van der Waals surface area (Å²) < 4.78 is 0. The van der Waals surface area contributed by atoms with Gasteiger partial charge in [0.2, 0.25) is 11.8 Å². The lowest BCUT2D eigenvalue weighted by atomic mass is 9.97. The minimum absolute atomic E-state index is 0.0588. The van der Waals surface area contributed by atoms with Crippen molar-refractivity contribution in [1.29, 1.82) is 0 Å². The summed E-state index contributed by atoms with van der Waals surface area (Å²) in [5.41, 5.74) is 1.13. The van der Waals surface area contributed by atoms with Crippen LogP contribution in [0, 0.1) is 0 Å². The number of carbonyl (C=O) groups excluding carboxylic acids is 2. The van der Waals surface area contributed by atoms with Gasteiger partial charge >= 0.3 is 0 Å². The molecule has 1 saturated heterocycles. The van der Waals surface area contributed by atoms with E-state index in [0.717, 1.165) is 55.4 Å². The second-order valence-corrected chi connectivity index (χ2v) is 10.4. The summed E-state index contributed by atoms with van der Waals surface area (Å²) in [7, 11) is 0. The molecule has 0 saturated carbocycles. The van der Waals surface area contributed by atoms with Gasteiger partial charge < -0.3 is 15.2 Å². The Balaban J connectivity index is 1.22. The van der Waals surface area contributed by atoms with Crippen LogP contribution in [0.2, 0.25) is 0 Å². The van der Waals surface area contributed by atoms with E-state index in [-0.39, 0.29) is 23.1 Å². The summed E-state index contributed by atoms with van der Waals surface area (Å²) in [6, 6.07) is 0. The maximum Gasteiger partial charge on any atom is 0.259 e. The zero-order valence-electron chi connectivity index (χ0n) is 17.8. The molecule has 168 valence electrons. The molecule has 4 rings (SSSR count). The molecule has 0 radical (unpaired) electrons. The third kappa shape index (κ3) is 5.68. The number of carbonyl (C=O) groups is 2. The van der Waals surface area contributed by atoms with Crippen molar-refractivity contribution < 1.29 is 9.59 Å². The number of nitrogens with zero attached hydrogens (tertiary/aromatic N) is 2. The number of nitrogens with one attached hydrogen (secondary N) is 2. The summed E-state index contributed by atoms with van der Waals surface area (Å²) in [6.45, 7) is 2.05. The maximum absolute atomic E-state index is 12.6. The molecule has 31 heavy (non-hydrogen) atoms. The number of aromatic amines is 1. The molecule has 2 amide bonds. The predicted octanol–water partition coefficient (Wildman–Crippen LogP) is 3.01. The lowest BCUT2D eigenvalue weighted by Crippen LogP contribution is -2.35. The molecule has 9 heteroatoms. The molecule has 2 aromatic rings. The number of rotatable bonds is 7. The zero-order valence-corrected chi connectivity index (χ0v) is 19.5. The van der Waals surface area contributed by atoms with E-state index in [1.165, 1.54) is 41.5 Å². The summed E-state index contributed by atoms with van der Waals surface area (Å²) >= 11 is 3.06. The van der Waals surface area contributed by atoms with Crippen molar-refractivity contribution in [2.75, 3.05) is 25.4 Å². The van der Waals surface area contributed by atoms with Gasteiger partial charge in [-0.2, -0.15) is 0 Å². The first-order valence-electron chi connectivity index (χ1n) is 11.3. The monoisotopic (exact) mass is 462 g/mol. The number of hydrogen-bond donors (Lipinski definition) is 2. The summed E-state index contributed by atoms with van der Waals surface area (Å²) in [4.78, 5) is 48.5. The van der Waals surface area contributed by atoms with Gasteiger partial charge in [-0.3, -0.25) is 14.4 Å². The second kappa shape index (κ2) is 10.6. The molecule has 2 N–H and O–H groups in total. The van der Waals surface area contributed by atoms with Gasteiger partial charge in [-0.1, -0.05) is 12.8 Å². The number of thioether (sulfide) groups is 1. The van der Waals surface area contributed by atoms with Gasteiger partial charge in [-0.05, 0) is 44.1 Å². The van der Waals surface area contributed by atoms with Crippen molar-refractivity contribution in [3.8, 4) is 0 Å². The summed E-state index contributed by atoms with van der Waals surface area (Å²) in [5.74, 6) is 1.41. The molecule has 0 unspecified atom stereocenters. The second-order valence-electron chi connectivity index (χ2n) is 8.29. The Hall–Kier alpha value is -1.87. The molecule has 0 bridgehead atoms. The van der Waals surface area contributed by atoms with E-state index in [1.54, 1.807) is 11.3 Å². The average Bonchev–Trinajstić information content (AvgIpc) is 2.92. The van der Waals surface area contributed by atoms with Crippen molar-refractivity contribution >= 4 is 45.1 Å². The van der Waals surface area contributed by atoms with Crippen LogP contribution < -0.4 is 10.9 Å². The smallest absolute Gasteiger partial charge is 0.259 e. The Morgan fingerprint density at radius 2 is 1.87 bits per heavy atom. The topological polar surface area (TPSA) is 95.2 Å². The fourth-order valence-electron chi connectivity index (χ4n) is 4.36. The third-order valence-corrected chi connectivity index (χ3v) is 8.10. The quantitative estimate of drug-likeness (QED) is 0.660. The van der Waals surface area contributed by atoms with Crippen LogP contribution in [0.4, 0.5) is 0 Å². The number of aryl methyl sites for hydroxylation is 2. The van der Waals surface area contributed by atoms with Gasteiger partial charge in [0.25, 0.3) is 5.56 Å². The molecule has 2 aliphatic rings. The molecular formula is C22H30N4O3S2. The largest absolute Gasteiger partial charge is 0.355 e. The molecule has 3 heterocycles. The van der Waals surface area contributed by atoms with Crippen LogP contribution in [0.5, 0.6) is 0 Å². The third-order valence-electron chi connectivity index (χ3n) is 5.97. The van der Waals surface area contributed by atoms with Crippen LogP contribution in [0.15, 0.2) is 4.79 Å². The number of amides is 2. The van der Waals surface area contributed by atoms with Crippen LogP contribution >= 0.6 is 23.1 Å². The average molecular weight is 463 g/mol. The molecule has 2 aromatic heterocycles. The van der Waals surface area contributed by atoms with Crippen molar-refractivity contribution in [1.82, 2.24) is 20.2 Å². The maximum atomic E-state index is 12.6. The van der Waals surface area contributed by atoms with Gasteiger partial charge in [0, 0.05) is 30.9 Å². The van der Waals surface area contributed by atoms with Gasteiger partial charge in [0.05, 0.1) is 16.9 Å². The highest BCUT2D eigenvalue weighted by atomic mass is 32.2. The number of aromatic nitrogens is 2. The van der Waals surface area contributed by atoms with Crippen LogP contribution in [0.1, 0.15) is 61.2 Å². The zero-order chi connectivity index (χ0) is 21.6. The Bertz CT molecular complexity index is 993. The summed E-state index contributed by atoms with van der Waals surface area (Å²) in [6.07, 6.45) is 9.21. The van der Waals surface area contributed by atoms with E-state index >= 15 is 0 Å². The van der Waals surface area contributed by atoms with Gasteiger partial charge in [-0.25, -0.2) is 4.98 Å². The highest BCUT2D eigenvalue weighted by molar-refractivity contribution is 7.99. The number of fused-ring (bicyclic) bond motifs is 3. The van der Waals surface area contributed by atoms with E-state index in [1.807, 2.05) is 4.90 Å². The lowest BCUT2D eigenvalue weighted by Gasteiger charge is -2.20. The first-order chi connectivity index (χ1) is 15.1. The molecule has 7 nitrogen and oxygen atoms in total. The molecule has 0 aromatic carbocycles. The predicted molar refractivity (Wildman–Crippen MR) is 126 cm³/mol. The Morgan fingerprint density at radius 3 is 2.68 bits per heavy atom. The fourth-order valence-corrected chi connectivity index (χ4v) is 6.36. The van der Waals surface area contributed by atoms with Gasteiger partial charge in [-0.15, -0.1) is 23.1 Å².